The van der Waals surface area contributed by atoms with Crippen LogP contribution in [0.15, 0.2) is 42.6 Å². The summed E-state index contributed by atoms with van der Waals surface area (Å²) in [6.45, 7) is 3.87. The molecule has 0 fully saturated rings. The Morgan fingerprint density at radius 1 is 1.30 bits per heavy atom. The van der Waals surface area contributed by atoms with Crippen molar-refractivity contribution in [2.45, 2.75) is 20.0 Å². The molecule has 0 atom stereocenters. The molecule has 3 N–H and O–H groups in total. The normalized spacial score (nSPS) is 10.3. The van der Waals surface area contributed by atoms with Gasteiger partial charge in [0.1, 0.15) is 11.6 Å². The van der Waals surface area contributed by atoms with Crippen LogP contribution in [0.5, 0.6) is 5.75 Å². The molecule has 0 radical (unpaired) electrons. The van der Waals surface area contributed by atoms with Crippen LogP contribution in [0, 0.1) is 0 Å². The zero-order valence-electron chi connectivity index (χ0n) is 11.5. The molecule has 5 heteroatoms. The number of nitrogens with one attached hydrogen (secondary N) is 1. The van der Waals surface area contributed by atoms with Crippen molar-refractivity contribution in [3.05, 3.63) is 48.2 Å². The van der Waals surface area contributed by atoms with E-state index in [1.165, 1.54) is 6.20 Å². The molecule has 1 heterocycles. The number of nitrogen functional groups attached to an aromatic ring is 1. The Balaban J connectivity index is 2.10. The van der Waals surface area contributed by atoms with Crippen molar-refractivity contribution < 1.29 is 9.53 Å². The summed E-state index contributed by atoms with van der Waals surface area (Å²) >= 11 is 0. The molecule has 0 saturated heterocycles. The Kier molecular flexibility index (Phi) is 4.20. The molecule has 1 aromatic heterocycles. The van der Waals surface area contributed by atoms with Crippen molar-refractivity contribution in [3.63, 3.8) is 0 Å². The van der Waals surface area contributed by atoms with Gasteiger partial charge in [0.15, 0.2) is 0 Å². The molecule has 0 saturated carbocycles. The average molecular weight is 271 g/mol. The first-order valence-corrected chi connectivity index (χ1v) is 6.34. The maximum atomic E-state index is 12.1. The summed E-state index contributed by atoms with van der Waals surface area (Å²) in [5.41, 5.74) is 6.61. The summed E-state index contributed by atoms with van der Waals surface area (Å²) in [6, 6.07) is 10.4. The highest BCUT2D eigenvalue weighted by atomic mass is 16.5. The molecule has 2 aromatic rings. The number of nitrogens with zero attached hydrogens (tertiary/aromatic N) is 1. The number of ether oxygens (including phenoxy) is 1. The van der Waals surface area contributed by atoms with Gasteiger partial charge in [0.2, 0.25) is 0 Å². The number of benzene rings is 1. The number of pyridine rings is 1. The van der Waals surface area contributed by atoms with Crippen LogP contribution in [0.1, 0.15) is 24.2 Å². The molecule has 20 heavy (non-hydrogen) atoms. The average Bonchev–Trinajstić information content (AvgIpc) is 2.41. The van der Waals surface area contributed by atoms with Crippen LogP contribution < -0.4 is 15.8 Å². The lowest BCUT2D eigenvalue weighted by Gasteiger charge is -2.11. The lowest BCUT2D eigenvalue weighted by molar-refractivity contribution is 0.102. The Morgan fingerprint density at radius 3 is 2.75 bits per heavy atom. The van der Waals surface area contributed by atoms with Crippen LogP contribution >= 0.6 is 0 Å². The van der Waals surface area contributed by atoms with E-state index in [-0.39, 0.29) is 12.0 Å². The van der Waals surface area contributed by atoms with Crippen LogP contribution in [0.25, 0.3) is 0 Å². The molecule has 0 aliphatic heterocycles. The van der Waals surface area contributed by atoms with Crippen LogP contribution in [-0.2, 0) is 0 Å². The van der Waals surface area contributed by atoms with E-state index in [1.807, 2.05) is 19.9 Å². The smallest absolute Gasteiger partial charge is 0.256 e. The number of rotatable bonds is 4. The van der Waals surface area contributed by atoms with Gasteiger partial charge in [-0.2, -0.15) is 0 Å². The summed E-state index contributed by atoms with van der Waals surface area (Å²) in [5, 5.41) is 2.70. The van der Waals surface area contributed by atoms with Crippen LogP contribution in [0.3, 0.4) is 0 Å². The third kappa shape index (κ3) is 3.71. The van der Waals surface area contributed by atoms with Gasteiger partial charge in [0.25, 0.3) is 5.91 Å². The molecular weight excluding hydrogens is 254 g/mol. The van der Waals surface area contributed by atoms with E-state index in [9.17, 15) is 4.79 Å². The van der Waals surface area contributed by atoms with E-state index in [2.05, 4.69) is 10.3 Å². The summed E-state index contributed by atoms with van der Waals surface area (Å²) in [5.74, 6) is 0.883. The first kappa shape index (κ1) is 13.9. The van der Waals surface area contributed by atoms with E-state index in [4.69, 9.17) is 10.5 Å². The third-order valence-corrected chi connectivity index (χ3v) is 2.50. The molecule has 104 valence electrons. The lowest BCUT2D eigenvalue weighted by atomic mass is 10.2. The van der Waals surface area contributed by atoms with Crippen molar-refractivity contribution in [2.75, 3.05) is 11.1 Å². The van der Waals surface area contributed by atoms with Gasteiger partial charge >= 0.3 is 0 Å². The molecule has 0 bridgehead atoms. The van der Waals surface area contributed by atoms with Gasteiger partial charge in [-0.3, -0.25) is 4.79 Å². The third-order valence-electron chi connectivity index (χ3n) is 2.50. The number of amides is 1. The monoisotopic (exact) mass is 271 g/mol. The Labute approximate surface area is 117 Å². The van der Waals surface area contributed by atoms with Gasteiger partial charge in [0, 0.05) is 5.56 Å². The van der Waals surface area contributed by atoms with Crippen molar-refractivity contribution in [3.8, 4) is 5.75 Å². The van der Waals surface area contributed by atoms with E-state index in [0.29, 0.717) is 22.8 Å². The van der Waals surface area contributed by atoms with Gasteiger partial charge in [0.05, 0.1) is 18.0 Å². The highest BCUT2D eigenvalue weighted by Gasteiger charge is 2.08. The first-order chi connectivity index (χ1) is 9.54. The summed E-state index contributed by atoms with van der Waals surface area (Å²) < 4.78 is 5.56. The molecule has 0 unspecified atom stereocenters. The number of carbonyl (C=O) groups is 1. The first-order valence-electron chi connectivity index (χ1n) is 6.34. The topological polar surface area (TPSA) is 77.2 Å². The standard InChI is InChI=1S/C15H17N3O2/c1-10(2)20-13-5-3-4-11(8-13)15(19)18-14-7-6-12(16)9-17-14/h3-10H,16H2,1-2H3,(H,17,18,19). The second-order valence-electron chi connectivity index (χ2n) is 4.63. The molecular formula is C15H17N3O2. The largest absolute Gasteiger partial charge is 0.491 e. The van der Waals surface area contributed by atoms with E-state index >= 15 is 0 Å². The maximum absolute atomic E-state index is 12.1. The highest BCUT2D eigenvalue weighted by Crippen LogP contribution is 2.16. The number of hydrogen-bond acceptors (Lipinski definition) is 4. The van der Waals surface area contributed by atoms with Gasteiger partial charge in [-0.15, -0.1) is 0 Å². The highest BCUT2D eigenvalue weighted by molar-refractivity contribution is 6.04. The van der Waals surface area contributed by atoms with Gasteiger partial charge < -0.3 is 15.8 Å². The van der Waals surface area contributed by atoms with Crippen LogP contribution in [0.2, 0.25) is 0 Å². The number of hydrogen-bond donors (Lipinski definition) is 2. The van der Waals surface area contributed by atoms with E-state index in [0.717, 1.165) is 0 Å². The van der Waals surface area contributed by atoms with Gasteiger partial charge in [-0.25, -0.2) is 4.98 Å². The molecule has 2 rings (SSSR count). The minimum Gasteiger partial charge on any atom is -0.491 e. The Bertz CT molecular complexity index is 594. The van der Waals surface area contributed by atoms with Crippen LogP contribution in [-0.4, -0.2) is 17.0 Å². The second kappa shape index (κ2) is 6.06. The second-order valence-corrected chi connectivity index (χ2v) is 4.63. The number of anilines is 2. The van der Waals surface area contributed by atoms with Gasteiger partial charge in [-0.1, -0.05) is 6.07 Å². The molecule has 5 nitrogen and oxygen atoms in total. The van der Waals surface area contributed by atoms with Crippen molar-refractivity contribution >= 4 is 17.4 Å². The van der Waals surface area contributed by atoms with E-state index in [1.54, 1.807) is 30.3 Å². The summed E-state index contributed by atoms with van der Waals surface area (Å²) in [7, 11) is 0. The fourth-order valence-corrected chi connectivity index (χ4v) is 1.65. The minimum absolute atomic E-state index is 0.0621. The van der Waals surface area contributed by atoms with Crippen molar-refractivity contribution in [2.24, 2.45) is 0 Å². The summed E-state index contributed by atoms with van der Waals surface area (Å²) in [6.07, 6.45) is 1.56. The zero-order valence-corrected chi connectivity index (χ0v) is 11.5. The SMILES string of the molecule is CC(C)Oc1cccc(C(=O)Nc2ccc(N)cn2)c1. The predicted octanol–water partition coefficient (Wildman–Crippen LogP) is 2.70. The fraction of sp³-hybridized carbons (Fsp3) is 0.200. The lowest BCUT2D eigenvalue weighted by Crippen LogP contribution is -2.13. The van der Waals surface area contributed by atoms with E-state index < -0.39 is 0 Å². The molecule has 1 aromatic carbocycles. The van der Waals surface area contributed by atoms with Crippen molar-refractivity contribution in [1.29, 1.82) is 0 Å². The quantitative estimate of drug-likeness (QED) is 0.896. The maximum Gasteiger partial charge on any atom is 0.256 e. The van der Waals surface area contributed by atoms with Crippen molar-refractivity contribution in [1.82, 2.24) is 4.98 Å². The summed E-state index contributed by atoms with van der Waals surface area (Å²) in [4.78, 5) is 16.1. The molecule has 1 amide bonds. The number of carbonyl (C=O) groups excluding carboxylic acids is 1. The Morgan fingerprint density at radius 2 is 2.10 bits per heavy atom. The van der Waals surface area contributed by atoms with Gasteiger partial charge in [-0.05, 0) is 44.2 Å². The fourth-order valence-electron chi connectivity index (χ4n) is 1.65. The number of nitrogens with two attached hydrogens (primary N) is 1. The molecule has 0 spiro atoms. The van der Waals surface area contributed by atoms with Crippen LogP contribution in [0.4, 0.5) is 11.5 Å². The predicted molar refractivity (Wildman–Crippen MR) is 78.8 cm³/mol. The Hall–Kier alpha value is -2.56. The minimum atomic E-state index is -0.239. The molecule has 0 aliphatic carbocycles. The zero-order chi connectivity index (χ0) is 14.5. The molecule has 0 aliphatic rings. The number of aromatic nitrogens is 1.